The maximum Gasteiger partial charge on any atom is 0.242 e. The minimum atomic E-state index is -3.55. The van der Waals surface area contributed by atoms with E-state index in [1.54, 1.807) is 36.1 Å². The molecule has 0 saturated heterocycles. The number of carbonyl (C=O) groups excluding carboxylic acids is 2. The van der Waals surface area contributed by atoms with Crippen molar-refractivity contribution in [2.45, 2.75) is 65.6 Å². The van der Waals surface area contributed by atoms with Crippen molar-refractivity contribution in [3.63, 3.8) is 0 Å². The van der Waals surface area contributed by atoms with Gasteiger partial charge >= 0.3 is 0 Å². The van der Waals surface area contributed by atoms with Crippen LogP contribution >= 0.6 is 0 Å². The Morgan fingerprint density at radius 2 is 1.64 bits per heavy atom. The van der Waals surface area contributed by atoms with Crippen molar-refractivity contribution in [3.8, 4) is 5.75 Å². The van der Waals surface area contributed by atoms with Gasteiger partial charge in [-0.2, -0.15) is 0 Å². The summed E-state index contributed by atoms with van der Waals surface area (Å²) in [4.78, 5) is 27.7. The number of amides is 2. The Balaban J connectivity index is 2.13. The molecule has 2 rings (SSSR count). The molecule has 0 aliphatic carbocycles. The number of nitrogens with zero attached hydrogens (tertiary/aromatic N) is 2. The minimum Gasteiger partial charge on any atom is -0.494 e. The van der Waals surface area contributed by atoms with Crippen LogP contribution in [0.3, 0.4) is 0 Å². The molecule has 0 heterocycles. The Morgan fingerprint density at radius 3 is 2.19 bits per heavy atom. The van der Waals surface area contributed by atoms with Crippen LogP contribution in [0, 0.1) is 0 Å². The fraction of sp³-hybridized carbons (Fsp3) is 0.481. The second kappa shape index (κ2) is 13.9. The summed E-state index contributed by atoms with van der Waals surface area (Å²) in [6.45, 7) is 8.47. The van der Waals surface area contributed by atoms with Crippen LogP contribution in [-0.2, 0) is 26.2 Å². The zero-order chi connectivity index (χ0) is 26.7. The van der Waals surface area contributed by atoms with Crippen LogP contribution in [0.25, 0.3) is 0 Å². The maximum absolute atomic E-state index is 13.3. The second-order valence-corrected chi connectivity index (χ2v) is 10.8. The fourth-order valence-electron chi connectivity index (χ4n) is 3.71. The molecule has 0 fully saturated rings. The number of hydrogen-bond donors (Lipinski definition) is 1. The number of ether oxygens (including phenoxy) is 1. The molecule has 198 valence electrons. The molecular formula is C27H39N3O5S. The molecule has 2 unspecified atom stereocenters. The van der Waals surface area contributed by atoms with Crippen LogP contribution in [0.4, 0.5) is 5.69 Å². The van der Waals surface area contributed by atoms with Crippen molar-refractivity contribution in [2.75, 3.05) is 23.7 Å². The van der Waals surface area contributed by atoms with E-state index in [2.05, 4.69) is 5.32 Å². The average molecular weight is 518 g/mol. The summed E-state index contributed by atoms with van der Waals surface area (Å²) >= 11 is 0. The molecule has 2 aromatic carbocycles. The zero-order valence-electron chi connectivity index (χ0n) is 21.9. The Labute approximate surface area is 215 Å². The predicted molar refractivity (Wildman–Crippen MR) is 143 cm³/mol. The van der Waals surface area contributed by atoms with Crippen molar-refractivity contribution >= 4 is 27.5 Å². The third-order valence-corrected chi connectivity index (χ3v) is 7.15. The maximum atomic E-state index is 13.3. The Hall–Kier alpha value is -3.07. The quantitative estimate of drug-likeness (QED) is 0.409. The molecule has 0 aromatic heterocycles. The van der Waals surface area contributed by atoms with Crippen LogP contribution in [0.5, 0.6) is 5.75 Å². The highest BCUT2D eigenvalue weighted by molar-refractivity contribution is 7.92. The average Bonchev–Trinajstić information content (AvgIpc) is 2.85. The van der Waals surface area contributed by atoms with Gasteiger partial charge < -0.3 is 15.0 Å². The summed E-state index contributed by atoms with van der Waals surface area (Å²) in [7, 11) is -3.55. The Kier molecular flexibility index (Phi) is 11.2. The van der Waals surface area contributed by atoms with E-state index < -0.39 is 16.1 Å². The summed E-state index contributed by atoms with van der Waals surface area (Å²) in [6, 6.07) is 15.7. The molecule has 0 aliphatic heterocycles. The number of hydrogen-bond acceptors (Lipinski definition) is 5. The first-order valence-electron chi connectivity index (χ1n) is 12.4. The number of sulfonamides is 1. The smallest absolute Gasteiger partial charge is 0.242 e. The lowest BCUT2D eigenvalue weighted by Gasteiger charge is -2.30. The molecular weight excluding hydrogens is 478 g/mol. The standard InChI is InChI=1S/C27H39N3O5S/c1-6-21(3)28-27(32)22(4)29(20-23-12-9-8-10-13-23)26(31)14-11-19-30(36(5,33)34)24-15-17-25(18-16-24)35-7-2/h8-10,12-13,15-18,21-22H,6-7,11,14,19-20H2,1-5H3,(H,28,32). The highest BCUT2D eigenvalue weighted by Crippen LogP contribution is 2.22. The Morgan fingerprint density at radius 1 is 1.00 bits per heavy atom. The van der Waals surface area contributed by atoms with Crippen LogP contribution in [0.2, 0.25) is 0 Å². The Bertz CT molecular complexity index is 1070. The molecule has 2 aromatic rings. The fourth-order valence-corrected chi connectivity index (χ4v) is 4.67. The third kappa shape index (κ3) is 8.86. The first-order chi connectivity index (χ1) is 17.1. The van der Waals surface area contributed by atoms with Gasteiger partial charge in [0.2, 0.25) is 21.8 Å². The van der Waals surface area contributed by atoms with E-state index in [-0.39, 0.29) is 30.8 Å². The highest BCUT2D eigenvalue weighted by Gasteiger charge is 2.27. The topological polar surface area (TPSA) is 96.0 Å². The predicted octanol–water partition coefficient (Wildman–Crippen LogP) is 3.96. The number of carbonyl (C=O) groups is 2. The van der Waals surface area contributed by atoms with Crippen LogP contribution < -0.4 is 14.4 Å². The van der Waals surface area contributed by atoms with Gasteiger partial charge in [0.15, 0.2) is 0 Å². The molecule has 0 radical (unpaired) electrons. The first kappa shape index (κ1) is 29.2. The van der Waals surface area contributed by atoms with Gasteiger partial charge in [-0.15, -0.1) is 0 Å². The van der Waals surface area contributed by atoms with Crippen LogP contribution in [0.15, 0.2) is 54.6 Å². The van der Waals surface area contributed by atoms with Gasteiger partial charge in [0, 0.05) is 25.6 Å². The molecule has 0 aliphatic rings. The second-order valence-electron chi connectivity index (χ2n) is 8.87. The van der Waals surface area contributed by atoms with E-state index >= 15 is 0 Å². The molecule has 0 spiro atoms. The summed E-state index contributed by atoms with van der Waals surface area (Å²) in [5.41, 5.74) is 1.43. The van der Waals surface area contributed by atoms with E-state index in [1.807, 2.05) is 51.1 Å². The first-order valence-corrected chi connectivity index (χ1v) is 14.3. The van der Waals surface area contributed by atoms with Crippen molar-refractivity contribution in [1.29, 1.82) is 0 Å². The molecule has 1 N–H and O–H groups in total. The normalized spacial score (nSPS) is 12.9. The molecule has 0 saturated carbocycles. The summed E-state index contributed by atoms with van der Waals surface area (Å²) in [6.07, 6.45) is 2.35. The van der Waals surface area contributed by atoms with E-state index in [1.165, 1.54) is 4.31 Å². The molecule has 9 heteroatoms. The van der Waals surface area contributed by atoms with Crippen molar-refractivity contribution in [3.05, 3.63) is 60.2 Å². The lowest BCUT2D eigenvalue weighted by molar-refractivity contribution is -0.140. The van der Waals surface area contributed by atoms with Crippen LogP contribution in [-0.4, -0.2) is 56.6 Å². The number of rotatable bonds is 14. The summed E-state index contributed by atoms with van der Waals surface area (Å²) < 4.78 is 31.7. The monoisotopic (exact) mass is 517 g/mol. The number of anilines is 1. The van der Waals surface area contributed by atoms with Gasteiger partial charge in [0.05, 0.1) is 18.6 Å². The molecule has 36 heavy (non-hydrogen) atoms. The summed E-state index contributed by atoms with van der Waals surface area (Å²) in [5, 5.41) is 2.95. The van der Waals surface area contributed by atoms with Gasteiger partial charge in [0.1, 0.15) is 11.8 Å². The molecule has 2 amide bonds. The van der Waals surface area contributed by atoms with E-state index in [0.717, 1.165) is 18.2 Å². The lowest BCUT2D eigenvalue weighted by atomic mass is 10.1. The minimum absolute atomic E-state index is 0.00561. The molecule has 8 nitrogen and oxygen atoms in total. The zero-order valence-corrected chi connectivity index (χ0v) is 22.8. The van der Waals surface area contributed by atoms with E-state index in [0.29, 0.717) is 31.0 Å². The molecule has 0 bridgehead atoms. The van der Waals surface area contributed by atoms with E-state index in [9.17, 15) is 18.0 Å². The highest BCUT2D eigenvalue weighted by atomic mass is 32.2. The lowest BCUT2D eigenvalue weighted by Crippen LogP contribution is -2.49. The van der Waals surface area contributed by atoms with Crippen molar-refractivity contribution < 1.29 is 22.7 Å². The van der Waals surface area contributed by atoms with Gasteiger partial charge in [-0.05, 0) is 63.4 Å². The van der Waals surface area contributed by atoms with Crippen molar-refractivity contribution in [2.24, 2.45) is 0 Å². The largest absolute Gasteiger partial charge is 0.494 e. The molecule has 2 atom stereocenters. The van der Waals surface area contributed by atoms with Crippen molar-refractivity contribution in [1.82, 2.24) is 10.2 Å². The van der Waals surface area contributed by atoms with Crippen LogP contribution in [0.1, 0.15) is 52.5 Å². The SMILES string of the molecule is CCOc1ccc(N(CCCC(=O)N(Cc2ccccc2)C(C)C(=O)NC(C)CC)S(C)(=O)=O)cc1. The third-order valence-electron chi connectivity index (χ3n) is 5.95. The summed E-state index contributed by atoms with van der Waals surface area (Å²) in [5.74, 6) is 0.248. The van der Waals surface area contributed by atoms with Gasteiger partial charge in [-0.25, -0.2) is 8.42 Å². The number of benzene rings is 2. The van der Waals surface area contributed by atoms with Gasteiger partial charge in [-0.3, -0.25) is 13.9 Å². The number of nitrogens with one attached hydrogen (secondary N) is 1. The van der Waals surface area contributed by atoms with Gasteiger partial charge in [-0.1, -0.05) is 37.3 Å². The van der Waals surface area contributed by atoms with E-state index in [4.69, 9.17) is 4.74 Å². The van der Waals surface area contributed by atoms with Gasteiger partial charge in [0.25, 0.3) is 0 Å².